The van der Waals surface area contributed by atoms with Crippen molar-refractivity contribution in [2.45, 2.75) is 6.04 Å². The topological polar surface area (TPSA) is 65.1 Å². The van der Waals surface area contributed by atoms with Gasteiger partial charge in [0.25, 0.3) is 0 Å². The zero-order chi connectivity index (χ0) is 11.5. The summed E-state index contributed by atoms with van der Waals surface area (Å²) in [5, 5.41) is 6.12. The summed E-state index contributed by atoms with van der Waals surface area (Å²) in [6, 6.07) is 3.77. The van der Waals surface area contributed by atoms with E-state index >= 15 is 0 Å². The molecule has 16 heavy (non-hydrogen) atoms. The molecule has 0 saturated carbocycles. The van der Waals surface area contributed by atoms with E-state index in [0.29, 0.717) is 0 Å². The molecule has 0 aliphatic carbocycles. The van der Waals surface area contributed by atoms with E-state index in [0.717, 1.165) is 16.3 Å². The molecule has 0 bridgehead atoms. The molecule has 0 saturated heterocycles. The molecule has 0 fully saturated rings. The molecule has 2 rings (SSSR count). The molecule has 1 atom stereocenters. The first-order chi connectivity index (χ1) is 7.77. The Bertz CT molecular complexity index is 465. The van der Waals surface area contributed by atoms with E-state index in [4.69, 9.17) is 10.6 Å². The molecule has 0 aromatic carbocycles. The highest BCUT2D eigenvalue weighted by Gasteiger charge is 2.20. The number of hydrazine groups is 1. The van der Waals surface area contributed by atoms with E-state index in [2.05, 4.69) is 10.5 Å². The number of rotatable bonds is 4. The summed E-state index contributed by atoms with van der Waals surface area (Å²) in [7, 11) is 3.54. The molecule has 0 radical (unpaired) electrons. The average molecular weight is 238 g/mol. The second kappa shape index (κ2) is 4.65. The summed E-state index contributed by atoms with van der Waals surface area (Å²) >= 11 is 1.61. The SMILES string of the molecule is COc1ccsc1C(NN)c1ccnn1C. The molecule has 0 amide bonds. The van der Waals surface area contributed by atoms with Crippen molar-refractivity contribution in [2.75, 3.05) is 7.11 Å². The number of hydrogen-bond donors (Lipinski definition) is 2. The number of thiophene rings is 1. The fourth-order valence-corrected chi connectivity index (χ4v) is 2.58. The van der Waals surface area contributed by atoms with Crippen LogP contribution in [-0.4, -0.2) is 16.9 Å². The minimum absolute atomic E-state index is 0.0950. The Morgan fingerprint density at radius 1 is 1.56 bits per heavy atom. The zero-order valence-electron chi connectivity index (χ0n) is 9.18. The number of aromatic nitrogens is 2. The molecular weight excluding hydrogens is 224 g/mol. The van der Waals surface area contributed by atoms with Gasteiger partial charge in [0.05, 0.1) is 17.7 Å². The zero-order valence-corrected chi connectivity index (χ0v) is 9.99. The van der Waals surface area contributed by atoms with Crippen LogP contribution in [0.15, 0.2) is 23.7 Å². The molecule has 5 nitrogen and oxygen atoms in total. The van der Waals surface area contributed by atoms with Crippen LogP contribution < -0.4 is 16.0 Å². The third-order valence-corrected chi connectivity index (χ3v) is 3.42. The van der Waals surface area contributed by atoms with Gasteiger partial charge in [-0.25, -0.2) is 5.43 Å². The van der Waals surface area contributed by atoms with Crippen LogP contribution in [0, 0.1) is 0 Å². The molecule has 2 aromatic rings. The molecule has 3 N–H and O–H groups in total. The van der Waals surface area contributed by atoms with Crippen molar-refractivity contribution >= 4 is 11.3 Å². The van der Waals surface area contributed by atoms with Gasteiger partial charge >= 0.3 is 0 Å². The molecule has 2 heterocycles. The highest BCUT2D eigenvalue weighted by molar-refractivity contribution is 7.10. The lowest BCUT2D eigenvalue weighted by Gasteiger charge is -2.16. The largest absolute Gasteiger partial charge is 0.496 e. The maximum atomic E-state index is 5.61. The Morgan fingerprint density at radius 2 is 2.38 bits per heavy atom. The predicted octanol–water partition coefficient (Wildman–Crippen LogP) is 1.04. The first kappa shape index (κ1) is 11.1. The molecule has 0 aliphatic heterocycles. The lowest BCUT2D eigenvalue weighted by Crippen LogP contribution is -2.30. The Balaban J connectivity index is 2.40. The first-order valence-corrected chi connectivity index (χ1v) is 5.71. The van der Waals surface area contributed by atoms with Crippen molar-refractivity contribution in [1.29, 1.82) is 0 Å². The van der Waals surface area contributed by atoms with E-state index in [1.807, 2.05) is 24.6 Å². The maximum Gasteiger partial charge on any atom is 0.134 e. The average Bonchev–Trinajstić information content (AvgIpc) is 2.90. The third-order valence-electron chi connectivity index (χ3n) is 2.46. The first-order valence-electron chi connectivity index (χ1n) is 4.83. The Morgan fingerprint density at radius 3 is 2.94 bits per heavy atom. The third kappa shape index (κ3) is 1.82. The van der Waals surface area contributed by atoms with Crippen LogP contribution in [0.4, 0.5) is 0 Å². The minimum atomic E-state index is -0.0950. The molecule has 0 aliphatic rings. The van der Waals surface area contributed by atoms with Crippen molar-refractivity contribution < 1.29 is 4.74 Å². The number of ether oxygens (including phenoxy) is 1. The van der Waals surface area contributed by atoms with Crippen molar-refractivity contribution in [1.82, 2.24) is 15.2 Å². The van der Waals surface area contributed by atoms with Crippen molar-refractivity contribution in [3.05, 3.63) is 34.3 Å². The summed E-state index contributed by atoms with van der Waals surface area (Å²) in [6.45, 7) is 0. The number of aryl methyl sites for hydroxylation is 1. The van der Waals surface area contributed by atoms with Crippen LogP contribution in [-0.2, 0) is 7.05 Å². The molecular formula is C10H14N4OS. The van der Waals surface area contributed by atoms with E-state index in [1.54, 1.807) is 29.3 Å². The van der Waals surface area contributed by atoms with Crippen molar-refractivity contribution in [3.8, 4) is 5.75 Å². The number of nitrogens with two attached hydrogens (primary N) is 1. The smallest absolute Gasteiger partial charge is 0.134 e. The van der Waals surface area contributed by atoms with Gasteiger partial charge in [-0.05, 0) is 17.5 Å². The van der Waals surface area contributed by atoms with Crippen LogP contribution in [0.3, 0.4) is 0 Å². The van der Waals surface area contributed by atoms with Crippen LogP contribution in [0.2, 0.25) is 0 Å². The van der Waals surface area contributed by atoms with Gasteiger partial charge in [-0.2, -0.15) is 5.10 Å². The van der Waals surface area contributed by atoms with Gasteiger partial charge in [-0.1, -0.05) is 0 Å². The number of methoxy groups -OCH3 is 1. The van der Waals surface area contributed by atoms with Crippen molar-refractivity contribution in [3.63, 3.8) is 0 Å². The van der Waals surface area contributed by atoms with E-state index in [9.17, 15) is 0 Å². The lowest BCUT2D eigenvalue weighted by molar-refractivity contribution is 0.406. The van der Waals surface area contributed by atoms with Crippen LogP contribution in [0.5, 0.6) is 5.75 Å². The van der Waals surface area contributed by atoms with Gasteiger partial charge in [-0.3, -0.25) is 10.5 Å². The van der Waals surface area contributed by atoms with Gasteiger partial charge in [0.2, 0.25) is 0 Å². The van der Waals surface area contributed by atoms with Gasteiger partial charge < -0.3 is 4.74 Å². The number of nitrogens with zero attached hydrogens (tertiary/aromatic N) is 2. The minimum Gasteiger partial charge on any atom is -0.496 e. The van der Waals surface area contributed by atoms with Crippen LogP contribution in [0.25, 0.3) is 0 Å². The monoisotopic (exact) mass is 238 g/mol. The van der Waals surface area contributed by atoms with Crippen molar-refractivity contribution in [2.24, 2.45) is 12.9 Å². The fraction of sp³-hybridized carbons (Fsp3) is 0.300. The Labute approximate surface area is 97.8 Å². The number of nitrogens with one attached hydrogen (secondary N) is 1. The summed E-state index contributed by atoms with van der Waals surface area (Å²) in [5.41, 5.74) is 3.80. The highest BCUT2D eigenvalue weighted by Crippen LogP contribution is 2.33. The van der Waals surface area contributed by atoms with Gasteiger partial charge in [0, 0.05) is 13.2 Å². The van der Waals surface area contributed by atoms with E-state index < -0.39 is 0 Å². The molecule has 0 spiro atoms. The van der Waals surface area contributed by atoms with E-state index in [-0.39, 0.29) is 6.04 Å². The van der Waals surface area contributed by atoms with Gasteiger partial charge in [0.1, 0.15) is 11.8 Å². The molecule has 1 unspecified atom stereocenters. The Kier molecular flexibility index (Phi) is 3.23. The summed E-state index contributed by atoms with van der Waals surface area (Å²) in [6.07, 6.45) is 1.75. The second-order valence-corrected chi connectivity index (χ2v) is 4.28. The molecule has 86 valence electrons. The second-order valence-electron chi connectivity index (χ2n) is 3.33. The predicted molar refractivity (Wildman–Crippen MR) is 63.2 cm³/mol. The normalized spacial score (nSPS) is 12.7. The van der Waals surface area contributed by atoms with E-state index in [1.165, 1.54) is 0 Å². The standard InChI is InChI=1S/C10H14N4OS/c1-14-7(3-5-12-14)9(13-11)10-8(15-2)4-6-16-10/h3-6,9,13H,11H2,1-2H3. The lowest BCUT2D eigenvalue weighted by atomic mass is 10.1. The highest BCUT2D eigenvalue weighted by atomic mass is 32.1. The van der Waals surface area contributed by atoms with Gasteiger partial charge in [-0.15, -0.1) is 11.3 Å². The van der Waals surface area contributed by atoms with Crippen LogP contribution in [0.1, 0.15) is 16.6 Å². The maximum absolute atomic E-state index is 5.61. The fourth-order valence-electron chi connectivity index (χ4n) is 1.65. The molecule has 2 aromatic heterocycles. The molecule has 6 heteroatoms. The summed E-state index contributed by atoms with van der Waals surface area (Å²) in [4.78, 5) is 1.05. The van der Waals surface area contributed by atoms with Crippen LogP contribution >= 0.6 is 11.3 Å². The quantitative estimate of drug-likeness (QED) is 0.617. The Hall–Kier alpha value is -1.37. The summed E-state index contributed by atoms with van der Waals surface area (Å²) < 4.78 is 7.09. The number of hydrogen-bond acceptors (Lipinski definition) is 5. The summed E-state index contributed by atoms with van der Waals surface area (Å²) in [5.74, 6) is 6.45. The van der Waals surface area contributed by atoms with Gasteiger partial charge in [0.15, 0.2) is 0 Å².